The molecule has 0 heterocycles. The topological polar surface area (TPSA) is 94.9 Å². The predicted octanol–water partition coefficient (Wildman–Crippen LogP) is 1.98. The molecule has 0 aromatic heterocycles. The van der Waals surface area contributed by atoms with E-state index in [0.29, 0.717) is 19.3 Å². The molecule has 0 aliphatic rings. The van der Waals surface area contributed by atoms with Gasteiger partial charge in [0.05, 0.1) is 5.92 Å². The molecule has 6 nitrogen and oxygen atoms in total. The van der Waals surface area contributed by atoms with Gasteiger partial charge in [0.15, 0.2) is 0 Å². The number of unbranched alkanes of at least 4 members (excludes halogenated alkanes) is 1. The molecule has 1 amide bonds. The first-order valence-corrected chi connectivity index (χ1v) is 7.10. The van der Waals surface area contributed by atoms with Gasteiger partial charge in [-0.1, -0.05) is 33.6 Å². The standard InChI is InChI=1S/C14H25NO5/c1-4-6-8-12(16)15(9-10(3)13(17)18)11(7-5-2)14(19)20/h10-11H,4-9H2,1-3H3,(H,17,18)(H,19,20). The van der Waals surface area contributed by atoms with Crippen LogP contribution in [0.4, 0.5) is 0 Å². The Balaban J connectivity index is 5.05. The smallest absolute Gasteiger partial charge is 0.326 e. The van der Waals surface area contributed by atoms with Crippen molar-refractivity contribution in [2.45, 2.75) is 58.9 Å². The van der Waals surface area contributed by atoms with E-state index < -0.39 is 23.9 Å². The molecule has 116 valence electrons. The fraction of sp³-hybridized carbons (Fsp3) is 0.786. The Morgan fingerprint density at radius 3 is 2.05 bits per heavy atom. The van der Waals surface area contributed by atoms with E-state index in [1.54, 1.807) is 0 Å². The second-order valence-electron chi connectivity index (χ2n) is 5.03. The van der Waals surface area contributed by atoms with Crippen LogP contribution in [0.25, 0.3) is 0 Å². The van der Waals surface area contributed by atoms with E-state index in [4.69, 9.17) is 5.11 Å². The van der Waals surface area contributed by atoms with Crippen LogP contribution in [0.2, 0.25) is 0 Å². The van der Waals surface area contributed by atoms with E-state index in [-0.39, 0.29) is 18.9 Å². The van der Waals surface area contributed by atoms with Crippen LogP contribution in [0.1, 0.15) is 52.9 Å². The number of rotatable bonds is 10. The summed E-state index contributed by atoms with van der Waals surface area (Å²) in [7, 11) is 0. The number of hydrogen-bond donors (Lipinski definition) is 2. The lowest BCUT2D eigenvalue weighted by molar-refractivity contribution is -0.153. The van der Waals surface area contributed by atoms with E-state index in [2.05, 4.69) is 0 Å². The lowest BCUT2D eigenvalue weighted by Crippen LogP contribution is -2.47. The van der Waals surface area contributed by atoms with Crippen molar-refractivity contribution >= 4 is 17.8 Å². The molecule has 0 aliphatic carbocycles. The molecule has 0 saturated carbocycles. The van der Waals surface area contributed by atoms with Gasteiger partial charge >= 0.3 is 11.9 Å². The quantitative estimate of drug-likeness (QED) is 0.640. The Morgan fingerprint density at radius 2 is 1.65 bits per heavy atom. The fourth-order valence-electron chi connectivity index (χ4n) is 1.93. The number of amides is 1. The Hall–Kier alpha value is -1.59. The number of hydrogen-bond acceptors (Lipinski definition) is 3. The number of carboxylic acid groups (broad SMARTS) is 2. The first-order valence-electron chi connectivity index (χ1n) is 7.10. The Morgan fingerprint density at radius 1 is 1.05 bits per heavy atom. The number of carbonyl (C=O) groups is 3. The highest BCUT2D eigenvalue weighted by Gasteiger charge is 2.31. The number of aliphatic carboxylic acids is 2. The van der Waals surface area contributed by atoms with Gasteiger partial charge in [-0.25, -0.2) is 4.79 Å². The summed E-state index contributed by atoms with van der Waals surface area (Å²) in [5, 5.41) is 18.2. The third-order valence-electron chi connectivity index (χ3n) is 3.18. The average molecular weight is 287 g/mol. The SMILES string of the molecule is CCCCC(=O)N(CC(C)C(=O)O)C(CCC)C(=O)O. The van der Waals surface area contributed by atoms with Gasteiger partial charge in [-0.2, -0.15) is 0 Å². The van der Waals surface area contributed by atoms with E-state index in [1.165, 1.54) is 11.8 Å². The molecule has 0 radical (unpaired) electrons. The zero-order valence-electron chi connectivity index (χ0n) is 12.5. The summed E-state index contributed by atoms with van der Waals surface area (Å²) in [6.07, 6.45) is 2.72. The van der Waals surface area contributed by atoms with Crippen molar-refractivity contribution in [3.8, 4) is 0 Å². The van der Waals surface area contributed by atoms with Gasteiger partial charge in [0.1, 0.15) is 6.04 Å². The monoisotopic (exact) mass is 287 g/mol. The Bertz CT molecular complexity index is 342. The van der Waals surface area contributed by atoms with Gasteiger partial charge in [0.25, 0.3) is 0 Å². The van der Waals surface area contributed by atoms with E-state index in [1.807, 2.05) is 13.8 Å². The molecular weight excluding hydrogens is 262 g/mol. The molecule has 20 heavy (non-hydrogen) atoms. The maximum Gasteiger partial charge on any atom is 0.326 e. The van der Waals surface area contributed by atoms with Crippen molar-refractivity contribution in [1.29, 1.82) is 0 Å². The summed E-state index contributed by atoms with van der Waals surface area (Å²) in [5.41, 5.74) is 0. The molecule has 2 atom stereocenters. The minimum Gasteiger partial charge on any atom is -0.481 e. The van der Waals surface area contributed by atoms with E-state index in [9.17, 15) is 19.5 Å². The first-order chi connectivity index (χ1) is 9.34. The first kappa shape index (κ1) is 18.4. The van der Waals surface area contributed by atoms with Gasteiger partial charge in [0, 0.05) is 13.0 Å². The second-order valence-corrected chi connectivity index (χ2v) is 5.03. The minimum atomic E-state index is -1.07. The Kier molecular flexibility index (Phi) is 8.59. The summed E-state index contributed by atoms with van der Waals surface area (Å²) in [6, 6.07) is -0.939. The molecule has 0 spiro atoms. The number of carboxylic acids is 2. The average Bonchev–Trinajstić information content (AvgIpc) is 2.39. The predicted molar refractivity (Wildman–Crippen MR) is 74.4 cm³/mol. The highest BCUT2D eigenvalue weighted by Crippen LogP contribution is 2.14. The maximum absolute atomic E-state index is 12.2. The van der Waals surface area contributed by atoms with Crippen molar-refractivity contribution in [1.82, 2.24) is 4.90 Å². The zero-order chi connectivity index (χ0) is 15.7. The Labute approximate surface area is 119 Å². The molecule has 0 rings (SSSR count). The van der Waals surface area contributed by atoms with Crippen molar-refractivity contribution < 1.29 is 24.6 Å². The third kappa shape index (κ3) is 6.04. The highest BCUT2D eigenvalue weighted by atomic mass is 16.4. The number of nitrogens with zero attached hydrogens (tertiary/aromatic N) is 1. The number of carbonyl (C=O) groups excluding carboxylic acids is 1. The maximum atomic E-state index is 12.2. The normalized spacial score (nSPS) is 13.6. The largest absolute Gasteiger partial charge is 0.481 e. The van der Waals surface area contributed by atoms with Crippen LogP contribution in [0.15, 0.2) is 0 Å². The molecule has 0 fully saturated rings. The van der Waals surface area contributed by atoms with Gasteiger partial charge in [-0.15, -0.1) is 0 Å². The molecule has 0 bridgehead atoms. The summed E-state index contributed by atoms with van der Waals surface area (Å²) >= 11 is 0. The van der Waals surface area contributed by atoms with Crippen molar-refractivity contribution in [3.63, 3.8) is 0 Å². The lowest BCUT2D eigenvalue weighted by atomic mass is 10.1. The van der Waals surface area contributed by atoms with Crippen LogP contribution in [-0.2, 0) is 14.4 Å². The second kappa shape index (κ2) is 9.34. The fourth-order valence-corrected chi connectivity index (χ4v) is 1.93. The van der Waals surface area contributed by atoms with Crippen LogP contribution >= 0.6 is 0 Å². The van der Waals surface area contributed by atoms with Crippen molar-refractivity contribution in [2.75, 3.05) is 6.54 Å². The summed E-state index contributed by atoms with van der Waals surface area (Å²) in [4.78, 5) is 35.6. The van der Waals surface area contributed by atoms with Crippen LogP contribution in [0.3, 0.4) is 0 Å². The van der Waals surface area contributed by atoms with E-state index in [0.717, 1.165) is 6.42 Å². The third-order valence-corrected chi connectivity index (χ3v) is 3.18. The zero-order valence-corrected chi connectivity index (χ0v) is 12.5. The van der Waals surface area contributed by atoms with Crippen LogP contribution in [0.5, 0.6) is 0 Å². The van der Waals surface area contributed by atoms with Crippen molar-refractivity contribution in [2.24, 2.45) is 5.92 Å². The van der Waals surface area contributed by atoms with Crippen LogP contribution < -0.4 is 0 Å². The molecule has 0 aliphatic heterocycles. The van der Waals surface area contributed by atoms with Gasteiger partial charge in [-0.3, -0.25) is 9.59 Å². The van der Waals surface area contributed by atoms with Crippen LogP contribution in [0, 0.1) is 5.92 Å². The van der Waals surface area contributed by atoms with Gasteiger partial charge in [0.2, 0.25) is 5.91 Å². The molecule has 2 unspecified atom stereocenters. The lowest BCUT2D eigenvalue weighted by Gasteiger charge is -2.30. The molecule has 0 aromatic carbocycles. The summed E-state index contributed by atoms with van der Waals surface area (Å²) in [5.74, 6) is -3.16. The minimum absolute atomic E-state index is 0.0607. The van der Waals surface area contributed by atoms with E-state index >= 15 is 0 Å². The molecule has 2 N–H and O–H groups in total. The molecule has 6 heteroatoms. The summed E-state index contributed by atoms with van der Waals surface area (Å²) in [6.45, 7) is 5.20. The van der Waals surface area contributed by atoms with Crippen LogP contribution in [-0.4, -0.2) is 45.5 Å². The highest BCUT2D eigenvalue weighted by molar-refractivity contribution is 5.84. The van der Waals surface area contributed by atoms with Gasteiger partial charge in [-0.05, 0) is 12.8 Å². The molecule has 0 aromatic rings. The van der Waals surface area contributed by atoms with Crippen molar-refractivity contribution in [3.05, 3.63) is 0 Å². The molecular formula is C14H25NO5. The molecule has 0 saturated heterocycles. The summed E-state index contributed by atoms with van der Waals surface area (Å²) < 4.78 is 0. The van der Waals surface area contributed by atoms with Gasteiger partial charge < -0.3 is 15.1 Å².